The van der Waals surface area contributed by atoms with Crippen LogP contribution < -0.4 is 17.2 Å². The van der Waals surface area contributed by atoms with E-state index in [2.05, 4.69) is 29.1 Å². The number of ether oxygens (including phenoxy) is 4. The number of amides is 1. The number of methoxy groups -OCH3 is 1. The van der Waals surface area contributed by atoms with Crippen LogP contribution in [0.2, 0.25) is 0 Å². The van der Waals surface area contributed by atoms with E-state index in [0.717, 1.165) is 11.3 Å². The zero-order valence-electron chi connectivity index (χ0n) is 37.9. The van der Waals surface area contributed by atoms with Crippen molar-refractivity contribution in [3.05, 3.63) is 30.5 Å². The van der Waals surface area contributed by atoms with Crippen LogP contribution in [0.5, 0.6) is 0 Å². The van der Waals surface area contributed by atoms with Gasteiger partial charge < -0.3 is 46.2 Å². The number of hydrogen-bond donors (Lipinski definition) is 4. The zero-order valence-corrected chi connectivity index (χ0v) is 37.9. The summed E-state index contributed by atoms with van der Waals surface area (Å²) in [6.07, 6.45) is 0.563. The van der Waals surface area contributed by atoms with Crippen molar-refractivity contribution < 1.29 is 38.4 Å². The van der Waals surface area contributed by atoms with Crippen LogP contribution in [0.25, 0.3) is 11.3 Å². The number of aryl methyl sites for hydroxylation is 1. The minimum absolute atomic E-state index is 0.00345. The smallest absolute Gasteiger partial charge is 0.410 e. The van der Waals surface area contributed by atoms with E-state index >= 15 is 0 Å². The molecule has 0 radical (unpaired) electrons. The number of carbonyl (C=O) groups is 3. The molecule has 16 nitrogen and oxygen atoms in total. The maximum Gasteiger partial charge on any atom is 0.410 e. The summed E-state index contributed by atoms with van der Waals surface area (Å²) in [6.45, 7) is 18.8. The highest BCUT2D eigenvalue weighted by Gasteiger charge is 2.59. The van der Waals surface area contributed by atoms with Crippen molar-refractivity contribution in [1.82, 2.24) is 24.8 Å². The summed E-state index contributed by atoms with van der Waals surface area (Å²) in [5.41, 5.74) is 18.2. The van der Waals surface area contributed by atoms with Gasteiger partial charge in [-0.1, -0.05) is 45.0 Å². The van der Waals surface area contributed by atoms with E-state index in [1.165, 1.54) is 6.92 Å². The number of fused-ring (bicyclic) bond motifs is 1. The molecule has 3 heterocycles. The van der Waals surface area contributed by atoms with Gasteiger partial charge in [0.2, 0.25) is 0 Å². The van der Waals surface area contributed by atoms with Gasteiger partial charge >= 0.3 is 12.1 Å². The fourth-order valence-corrected chi connectivity index (χ4v) is 9.38. The average Bonchev–Trinajstić information content (AvgIpc) is 3.79. The van der Waals surface area contributed by atoms with Crippen LogP contribution in [0, 0.1) is 23.7 Å². The van der Waals surface area contributed by atoms with Crippen LogP contribution in [0.15, 0.2) is 30.5 Å². The summed E-state index contributed by atoms with van der Waals surface area (Å²) in [5, 5.41) is 19.9. The van der Waals surface area contributed by atoms with Gasteiger partial charge in [0.25, 0.3) is 0 Å². The number of likely N-dealkylation sites (N-methyl/N-ethyl adjacent to an activating group) is 1. The van der Waals surface area contributed by atoms with Crippen molar-refractivity contribution in [3.63, 3.8) is 0 Å². The lowest BCUT2D eigenvalue weighted by Crippen LogP contribution is -2.61. The molecule has 2 aliphatic heterocycles. The summed E-state index contributed by atoms with van der Waals surface area (Å²) in [7, 11) is 3.61. The quantitative estimate of drug-likeness (QED) is 0.0852. The molecule has 13 atom stereocenters. The lowest BCUT2D eigenvalue weighted by atomic mass is 9.78. The van der Waals surface area contributed by atoms with E-state index < -0.39 is 77.4 Å². The van der Waals surface area contributed by atoms with Crippen molar-refractivity contribution in [1.29, 1.82) is 0 Å². The molecule has 1 amide bonds. The van der Waals surface area contributed by atoms with Crippen molar-refractivity contribution >= 4 is 23.5 Å². The third kappa shape index (κ3) is 11.2. The molecule has 4 rings (SSSR count). The summed E-state index contributed by atoms with van der Waals surface area (Å²) < 4.78 is 27.2. The molecule has 7 N–H and O–H groups in total. The molecule has 0 spiro atoms. The standard InChI is InChI=1S/C44H74N8O8/c1-12-36-44(9)39(52(42(56)60-44)19-14-13-18-51-25-35(48-49-51)32-16-15-17-33(46)21-32)30(6)50(10)24-27(3)22-43(8,57-11)40(28(4)37(53)29(5)41(55)59-36)58-31(7)38(54)34(47)20-26(2)23-45/h15-17,21,25-31,34,36,38-40,54H,12-14,18-20,22-24,45-47H2,1-11H3/t26-,27+,28-,29+,30+,31+,34?,36+,38?,39+,40+,43+,44+/m0/s1. The van der Waals surface area contributed by atoms with Gasteiger partial charge in [-0.25, -0.2) is 4.79 Å². The summed E-state index contributed by atoms with van der Waals surface area (Å²) >= 11 is 0. The molecule has 338 valence electrons. The molecule has 60 heavy (non-hydrogen) atoms. The Hall–Kier alpha value is -3.67. The Bertz CT molecular complexity index is 1730. The fourth-order valence-electron chi connectivity index (χ4n) is 9.38. The van der Waals surface area contributed by atoms with Gasteiger partial charge in [-0.05, 0) is 104 Å². The predicted octanol–water partition coefficient (Wildman–Crippen LogP) is 4.26. The van der Waals surface area contributed by atoms with Gasteiger partial charge in [-0.15, -0.1) is 5.10 Å². The first-order chi connectivity index (χ1) is 28.2. The number of anilines is 1. The monoisotopic (exact) mass is 843 g/mol. The van der Waals surface area contributed by atoms with Crippen molar-refractivity contribution in [2.45, 2.75) is 155 Å². The van der Waals surface area contributed by atoms with Crippen molar-refractivity contribution in [2.75, 3.05) is 39.5 Å². The second-order valence-corrected chi connectivity index (χ2v) is 18.1. The largest absolute Gasteiger partial charge is 0.458 e. The van der Waals surface area contributed by atoms with Gasteiger partial charge in [-0.3, -0.25) is 19.2 Å². The Morgan fingerprint density at radius 2 is 1.77 bits per heavy atom. The number of benzene rings is 1. The number of ketones is 1. The molecular weight excluding hydrogens is 769 g/mol. The summed E-state index contributed by atoms with van der Waals surface area (Å²) in [5.74, 6) is -3.02. The number of carbonyl (C=O) groups excluding carboxylic acids is 3. The lowest BCUT2D eigenvalue weighted by molar-refractivity contribution is -0.190. The molecule has 1 aromatic heterocycles. The number of Topliss-reactive ketones (excluding diaryl/α,β-unsaturated/α-hetero) is 1. The molecule has 2 aromatic rings. The van der Waals surface area contributed by atoms with Crippen LogP contribution in [-0.4, -0.2) is 135 Å². The minimum atomic E-state index is -1.23. The Balaban J connectivity index is 1.61. The van der Waals surface area contributed by atoms with Crippen LogP contribution in [0.3, 0.4) is 0 Å². The second-order valence-electron chi connectivity index (χ2n) is 18.1. The van der Waals surface area contributed by atoms with Crippen LogP contribution >= 0.6 is 0 Å². The first-order valence-corrected chi connectivity index (χ1v) is 21.8. The highest BCUT2D eigenvalue weighted by molar-refractivity contribution is 6.00. The van der Waals surface area contributed by atoms with Gasteiger partial charge in [-0.2, -0.15) is 0 Å². The maximum atomic E-state index is 14.4. The number of aliphatic hydroxyl groups is 1. The molecule has 2 saturated heterocycles. The van der Waals surface area contributed by atoms with Gasteiger partial charge in [0.15, 0.2) is 11.4 Å². The minimum Gasteiger partial charge on any atom is -0.458 e. The predicted molar refractivity (Wildman–Crippen MR) is 230 cm³/mol. The fraction of sp³-hybridized carbons (Fsp3) is 0.750. The van der Waals surface area contributed by atoms with Gasteiger partial charge in [0.1, 0.15) is 17.7 Å². The number of nitrogen functional groups attached to an aromatic ring is 1. The Kier molecular flexibility index (Phi) is 17.1. The third-order valence-electron chi connectivity index (χ3n) is 13.1. The van der Waals surface area contributed by atoms with Crippen molar-refractivity contribution in [3.8, 4) is 11.3 Å². The topological polar surface area (TPSA) is 224 Å². The number of unbranched alkanes of at least 4 members (excludes halogenated alkanes) is 1. The molecule has 1 aromatic carbocycles. The number of esters is 1. The van der Waals surface area contributed by atoms with E-state index in [1.807, 2.05) is 65.2 Å². The number of nitrogens with zero attached hydrogens (tertiary/aromatic N) is 5. The summed E-state index contributed by atoms with van der Waals surface area (Å²) in [6, 6.07) is 6.14. The van der Waals surface area contributed by atoms with E-state index in [4.69, 9.17) is 36.1 Å². The Morgan fingerprint density at radius 3 is 2.40 bits per heavy atom. The zero-order chi connectivity index (χ0) is 44.7. The number of nitrogens with two attached hydrogens (primary N) is 3. The van der Waals surface area contributed by atoms with Gasteiger partial charge in [0, 0.05) is 56.0 Å². The maximum absolute atomic E-state index is 14.4. The first-order valence-electron chi connectivity index (χ1n) is 21.8. The number of hydrogen-bond acceptors (Lipinski definition) is 14. The Morgan fingerprint density at radius 1 is 1.08 bits per heavy atom. The molecule has 16 heteroatoms. The number of aliphatic hydroxyl groups excluding tert-OH is 1. The molecule has 2 unspecified atom stereocenters. The highest BCUT2D eigenvalue weighted by atomic mass is 16.6. The summed E-state index contributed by atoms with van der Waals surface area (Å²) in [4.78, 5) is 46.3. The van der Waals surface area contributed by atoms with Crippen molar-refractivity contribution in [2.24, 2.45) is 35.1 Å². The van der Waals surface area contributed by atoms with Crippen LogP contribution in [0.4, 0.5) is 10.5 Å². The molecule has 0 saturated carbocycles. The molecule has 0 bridgehead atoms. The third-order valence-corrected chi connectivity index (χ3v) is 13.1. The SMILES string of the molecule is CC[C@H]1OC(=O)[C@H](C)C(=O)[C@H](C)[C@@H](O[C@H](C)C(O)C(N)C[C@H](C)CN)[C@](C)(OC)C[C@@H](C)CN(C)[C@H](C)[C@H]2N(CCCCn3cc(-c4cccc(N)c4)nn3)C(=O)O[C@]12C. The van der Waals surface area contributed by atoms with Gasteiger partial charge in [0.05, 0.1) is 36.2 Å². The van der Waals surface area contributed by atoms with E-state index in [1.54, 1.807) is 30.5 Å². The van der Waals surface area contributed by atoms with Crippen LogP contribution in [-0.2, 0) is 35.1 Å². The second kappa shape index (κ2) is 20.9. The number of cyclic esters (lactones) is 1. The lowest BCUT2D eigenvalue weighted by Gasteiger charge is -2.44. The molecule has 2 aliphatic rings. The van der Waals surface area contributed by atoms with E-state index in [0.29, 0.717) is 64.0 Å². The molecule has 0 aliphatic carbocycles. The van der Waals surface area contributed by atoms with E-state index in [-0.39, 0.29) is 17.9 Å². The number of aromatic nitrogens is 3. The highest BCUT2D eigenvalue weighted by Crippen LogP contribution is 2.41. The first kappa shape index (κ1) is 49.0. The van der Waals surface area contributed by atoms with Crippen LogP contribution in [0.1, 0.15) is 94.4 Å². The normalized spacial score (nSPS) is 32.0. The average molecular weight is 843 g/mol. The number of rotatable bonds is 15. The molecular formula is C44H74N8O8. The van der Waals surface area contributed by atoms with E-state index in [9.17, 15) is 19.5 Å². The molecule has 2 fully saturated rings. The Labute approximate surface area is 357 Å².